The summed E-state index contributed by atoms with van der Waals surface area (Å²) in [5.41, 5.74) is 2.86. The van der Waals surface area contributed by atoms with Gasteiger partial charge in [0.25, 0.3) is 0 Å². The van der Waals surface area contributed by atoms with E-state index in [0.717, 1.165) is 28.3 Å². The molecule has 2 aromatic rings. The van der Waals surface area contributed by atoms with E-state index < -0.39 is 21.9 Å². The molecule has 1 N–H and O–H groups in total. The number of ether oxygens (including phenoxy) is 1. The summed E-state index contributed by atoms with van der Waals surface area (Å²) in [6, 6.07) is 14.1. The normalized spacial score (nSPS) is 26.9. The van der Waals surface area contributed by atoms with Gasteiger partial charge in [-0.2, -0.15) is 0 Å². The third-order valence-electron chi connectivity index (χ3n) is 8.08. The van der Waals surface area contributed by atoms with E-state index in [1.165, 1.54) is 51.2 Å². The zero-order valence-electron chi connectivity index (χ0n) is 20.2. The number of nitrogens with zero attached hydrogens (tertiary/aromatic N) is 1. The Kier molecular flexibility index (Phi) is 6.11. The van der Waals surface area contributed by atoms with Crippen molar-refractivity contribution in [1.82, 2.24) is 0 Å². The molecule has 0 radical (unpaired) electrons. The van der Waals surface area contributed by atoms with Crippen LogP contribution in [0.25, 0.3) is 0 Å². The van der Waals surface area contributed by atoms with E-state index >= 15 is 0 Å². The first-order chi connectivity index (χ1) is 16.6. The van der Waals surface area contributed by atoms with Crippen molar-refractivity contribution in [3.8, 4) is 0 Å². The molecular weight excluding hydrogens is 464 g/mol. The highest BCUT2D eigenvalue weighted by molar-refractivity contribution is 7.92. The van der Waals surface area contributed by atoms with E-state index in [-0.39, 0.29) is 12.0 Å². The van der Waals surface area contributed by atoms with Crippen molar-refractivity contribution in [1.29, 1.82) is 0 Å². The number of amides is 1. The Balaban J connectivity index is 1.30. The number of anilines is 2. The number of carbonyl (C=O) groups is 2. The number of benzene rings is 2. The lowest BCUT2D eigenvalue weighted by atomic mass is 9.48. The van der Waals surface area contributed by atoms with E-state index in [4.69, 9.17) is 0 Å². The maximum atomic E-state index is 12.7. The first-order valence-corrected chi connectivity index (χ1v) is 14.1. The highest BCUT2D eigenvalue weighted by Crippen LogP contribution is 2.60. The predicted octanol–water partition coefficient (Wildman–Crippen LogP) is 4.35. The summed E-state index contributed by atoms with van der Waals surface area (Å²) >= 11 is 0. The van der Waals surface area contributed by atoms with Crippen molar-refractivity contribution < 1.29 is 22.7 Å². The number of methoxy groups -OCH3 is 1. The molecule has 2 aromatic carbocycles. The van der Waals surface area contributed by atoms with Crippen molar-refractivity contribution in [3.63, 3.8) is 0 Å². The minimum atomic E-state index is -3.67. The van der Waals surface area contributed by atoms with Gasteiger partial charge in [0.15, 0.2) is 0 Å². The summed E-state index contributed by atoms with van der Waals surface area (Å²) in [4.78, 5) is 24.3. The first kappa shape index (κ1) is 23.9. The topological polar surface area (TPSA) is 92.8 Å². The lowest BCUT2D eigenvalue weighted by Crippen LogP contribution is -2.48. The van der Waals surface area contributed by atoms with Crippen molar-refractivity contribution in [2.24, 2.45) is 17.8 Å². The van der Waals surface area contributed by atoms with Crippen LogP contribution in [0.5, 0.6) is 0 Å². The summed E-state index contributed by atoms with van der Waals surface area (Å²) in [7, 11) is -2.37. The molecule has 0 aliphatic heterocycles. The Morgan fingerprint density at radius 3 is 1.97 bits per heavy atom. The molecule has 0 spiro atoms. The van der Waals surface area contributed by atoms with E-state index in [2.05, 4.69) is 22.2 Å². The van der Waals surface area contributed by atoms with Gasteiger partial charge in [0, 0.05) is 5.69 Å². The molecule has 4 saturated carbocycles. The number of esters is 1. The summed E-state index contributed by atoms with van der Waals surface area (Å²) in [5, 5.41) is 2.70. The summed E-state index contributed by atoms with van der Waals surface area (Å²) in [6.45, 7) is -0.339. The van der Waals surface area contributed by atoms with Crippen LogP contribution >= 0.6 is 0 Å². The largest absolute Gasteiger partial charge is 0.465 e. The highest BCUT2D eigenvalue weighted by atomic mass is 32.2. The van der Waals surface area contributed by atoms with Crippen LogP contribution in [0, 0.1) is 17.8 Å². The van der Waals surface area contributed by atoms with E-state index in [1.54, 1.807) is 24.3 Å². The third-order valence-corrected chi connectivity index (χ3v) is 9.22. The standard InChI is InChI=1S/C27H32N2O5S/c1-34-26(31)21-3-7-23(8-4-21)28-25(30)17-29(35(2,32)33)24-9-5-22(6-10-24)27-14-18-11-19(15-27)13-20(12-18)16-27/h3-10,18-20H,11-17H2,1-2H3,(H,28,30). The van der Waals surface area contributed by atoms with Gasteiger partial charge in [0.2, 0.25) is 15.9 Å². The van der Waals surface area contributed by atoms with Gasteiger partial charge in [-0.25, -0.2) is 13.2 Å². The smallest absolute Gasteiger partial charge is 0.337 e. The lowest BCUT2D eigenvalue weighted by molar-refractivity contribution is -0.114. The first-order valence-electron chi connectivity index (χ1n) is 12.2. The van der Waals surface area contributed by atoms with Gasteiger partial charge in [0.1, 0.15) is 6.54 Å². The minimum absolute atomic E-state index is 0.233. The molecule has 0 saturated heterocycles. The monoisotopic (exact) mass is 496 g/mol. The molecule has 8 heteroatoms. The van der Waals surface area contributed by atoms with Gasteiger partial charge in [-0.1, -0.05) is 12.1 Å². The molecule has 1 amide bonds. The molecule has 35 heavy (non-hydrogen) atoms. The fourth-order valence-electron chi connectivity index (χ4n) is 6.98. The van der Waals surface area contributed by atoms with E-state index in [1.807, 2.05) is 12.1 Å². The van der Waals surface area contributed by atoms with Crippen LogP contribution < -0.4 is 9.62 Å². The molecule has 4 bridgehead atoms. The van der Waals surface area contributed by atoms with Gasteiger partial charge in [-0.05, 0) is 104 Å². The summed E-state index contributed by atoms with van der Waals surface area (Å²) in [6.07, 6.45) is 8.96. The quantitative estimate of drug-likeness (QED) is 0.576. The molecule has 186 valence electrons. The average Bonchev–Trinajstić information content (AvgIpc) is 2.81. The van der Waals surface area contributed by atoms with Crippen LogP contribution in [0.2, 0.25) is 0 Å². The molecule has 0 heterocycles. The maximum Gasteiger partial charge on any atom is 0.337 e. The number of nitrogens with one attached hydrogen (secondary N) is 1. The molecule has 0 atom stereocenters. The molecule has 0 aromatic heterocycles. The molecule has 6 rings (SSSR count). The van der Waals surface area contributed by atoms with E-state index in [9.17, 15) is 18.0 Å². The fourth-order valence-corrected chi connectivity index (χ4v) is 7.84. The van der Waals surface area contributed by atoms with Crippen molar-refractivity contribution in [2.75, 3.05) is 29.5 Å². The number of rotatable bonds is 7. The zero-order chi connectivity index (χ0) is 24.8. The van der Waals surface area contributed by atoms with Gasteiger partial charge >= 0.3 is 5.97 Å². The number of hydrogen-bond acceptors (Lipinski definition) is 5. The van der Waals surface area contributed by atoms with Gasteiger partial charge in [0.05, 0.1) is 24.6 Å². The number of hydrogen-bond donors (Lipinski definition) is 1. The van der Waals surface area contributed by atoms with Crippen LogP contribution in [0.3, 0.4) is 0 Å². The SMILES string of the molecule is COC(=O)c1ccc(NC(=O)CN(c2ccc(C34CC5CC(CC(C5)C3)C4)cc2)S(C)(=O)=O)cc1. The molecule has 7 nitrogen and oxygen atoms in total. The maximum absolute atomic E-state index is 12.7. The van der Waals surface area contributed by atoms with Gasteiger partial charge in [-0.15, -0.1) is 0 Å². The Morgan fingerprint density at radius 2 is 1.49 bits per heavy atom. The second kappa shape index (κ2) is 8.97. The lowest BCUT2D eigenvalue weighted by Gasteiger charge is -2.57. The molecule has 4 fully saturated rings. The van der Waals surface area contributed by atoms with Gasteiger partial charge in [-0.3, -0.25) is 9.10 Å². The Hall–Kier alpha value is -2.87. The van der Waals surface area contributed by atoms with E-state index in [0.29, 0.717) is 16.9 Å². The summed E-state index contributed by atoms with van der Waals surface area (Å²) in [5.74, 6) is 1.56. The Morgan fingerprint density at radius 1 is 0.943 bits per heavy atom. The second-order valence-corrected chi connectivity index (χ2v) is 12.5. The number of carbonyl (C=O) groups excluding carboxylic acids is 2. The number of sulfonamides is 1. The predicted molar refractivity (Wildman–Crippen MR) is 135 cm³/mol. The average molecular weight is 497 g/mol. The molecular formula is C27H32N2O5S. The van der Waals surface area contributed by atoms with Crippen LogP contribution in [0.1, 0.15) is 54.4 Å². The van der Waals surface area contributed by atoms with Gasteiger partial charge < -0.3 is 10.1 Å². The minimum Gasteiger partial charge on any atom is -0.465 e. The molecule has 4 aliphatic rings. The van der Waals surface area contributed by atoms with Crippen molar-refractivity contribution >= 4 is 33.3 Å². The van der Waals surface area contributed by atoms with Crippen molar-refractivity contribution in [3.05, 3.63) is 59.7 Å². The van der Waals surface area contributed by atoms with Crippen LogP contribution in [-0.2, 0) is 25.0 Å². The Bertz CT molecular complexity index is 1190. The van der Waals surface area contributed by atoms with Crippen LogP contribution in [0.4, 0.5) is 11.4 Å². The fraction of sp³-hybridized carbons (Fsp3) is 0.481. The van der Waals surface area contributed by atoms with Crippen LogP contribution in [-0.4, -0.2) is 40.2 Å². The summed E-state index contributed by atoms with van der Waals surface area (Å²) < 4.78 is 31.0. The molecule has 4 aliphatic carbocycles. The molecule has 0 unspecified atom stereocenters. The van der Waals surface area contributed by atoms with Crippen molar-refractivity contribution in [2.45, 2.75) is 43.9 Å². The highest BCUT2D eigenvalue weighted by Gasteiger charge is 2.51. The Labute approximate surface area is 206 Å². The zero-order valence-corrected chi connectivity index (χ0v) is 21.0. The second-order valence-electron chi connectivity index (χ2n) is 10.6. The van der Waals surface area contributed by atoms with Crippen LogP contribution in [0.15, 0.2) is 48.5 Å². The third kappa shape index (κ3) is 4.81.